The van der Waals surface area contributed by atoms with E-state index in [-0.39, 0.29) is 5.91 Å². The maximum Gasteiger partial charge on any atom is 0.256 e. The third-order valence-corrected chi connectivity index (χ3v) is 3.95. The molecule has 3 nitrogen and oxygen atoms in total. The third-order valence-electron chi connectivity index (χ3n) is 3.95. The van der Waals surface area contributed by atoms with Gasteiger partial charge in [-0.15, -0.1) is 0 Å². The van der Waals surface area contributed by atoms with Crippen LogP contribution in [0.2, 0.25) is 0 Å². The van der Waals surface area contributed by atoms with Crippen molar-refractivity contribution in [1.29, 1.82) is 0 Å². The van der Waals surface area contributed by atoms with Crippen LogP contribution in [0.15, 0.2) is 42.5 Å². The van der Waals surface area contributed by atoms with Crippen molar-refractivity contribution in [3.8, 4) is 0 Å². The van der Waals surface area contributed by atoms with Gasteiger partial charge in [0, 0.05) is 17.7 Å². The summed E-state index contributed by atoms with van der Waals surface area (Å²) in [5.74, 6) is -0.105. The Morgan fingerprint density at radius 1 is 1.10 bits per heavy atom. The first kappa shape index (κ1) is 12.9. The summed E-state index contributed by atoms with van der Waals surface area (Å²) >= 11 is 0. The molecule has 1 unspecified atom stereocenters. The number of hydrogen-bond acceptors (Lipinski definition) is 2. The van der Waals surface area contributed by atoms with Gasteiger partial charge in [0.15, 0.2) is 6.23 Å². The largest absolute Gasteiger partial charge is 0.369 e. The van der Waals surface area contributed by atoms with Crippen molar-refractivity contribution in [3.63, 3.8) is 0 Å². The van der Waals surface area contributed by atoms with Crippen LogP contribution in [-0.2, 0) is 6.54 Å². The zero-order valence-corrected chi connectivity index (χ0v) is 11.6. The molecular formula is C17H17NO2. The van der Waals surface area contributed by atoms with E-state index in [1.54, 1.807) is 12.1 Å². The standard InChI is InChI=1S/C17H17NO2/c1-11-7-8-13(9-12(11)2)10-18-16(19)14-5-3-4-6-15(14)17(18)20/h3-9,16,19H,10H2,1-2H3. The van der Waals surface area contributed by atoms with E-state index in [4.69, 9.17) is 0 Å². The highest BCUT2D eigenvalue weighted by molar-refractivity contribution is 5.98. The Morgan fingerprint density at radius 3 is 2.55 bits per heavy atom. The highest BCUT2D eigenvalue weighted by Crippen LogP contribution is 2.32. The van der Waals surface area contributed by atoms with Crippen LogP contribution >= 0.6 is 0 Å². The van der Waals surface area contributed by atoms with Crippen LogP contribution in [0.5, 0.6) is 0 Å². The van der Waals surface area contributed by atoms with Gasteiger partial charge in [-0.3, -0.25) is 4.79 Å². The molecule has 20 heavy (non-hydrogen) atoms. The van der Waals surface area contributed by atoms with E-state index in [1.165, 1.54) is 16.0 Å². The molecule has 1 aliphatic rings. The number of aliphatic hydroxyl groups excluding tert-OH is 1. The number of nitrogens with zero attached hydrogens (tertiary/aromatic N) is 1. The molecule has 1 heterocycles. The van der Waals surface area contributed by atoms with Crippen LogP contribution in [0.4, 0.5) is 0 Å². The first-order chi connectivity index (χ1) is 9.58. The molecule has 0 saturated heterocycles. The van der Waals surface area contributed by atoms with E-state index >= 15 is 0 Å². The Bertz CT molecular complexity index is 678. The van der Waals surface area contributed by atoms with Gasteiger partial charge in [0.1, 0.15) is 0 Å². The van der Waals surface area contributed by atoms with Gasteiger partial charge in [-0.05, 0) is 36.6 Å². The van der Waals surface area contributed by atoms with Crippen LogP contribution in [0.25, 0.3) is 0 Å². The third kappa shape index (κ3) is 2.00. The summed E-state index contributed by atoms with van der Waals surface area (Å²) in [5.41, 5.74) is 4.75. The van der Waals surface area contributed by atoms with Gasteiger partial charge in [-0.1, -0.05) is 36.4 Å². The van der Waals surface area contributed by atoms with E-state index in [2.05, 4.69) is 19.9 Å². The Morgan fingerprint density at radius 2 is 1.85 bits per heavy atom. The Hall–Kier alpha value is -2.13. The van der Waals surface area contributed by atoms with Gasteiger partial charge >= 0.3 is 0 Å². The van der Waals surface area contributed by atoms with Gasteiger partial charge in [-0.2, -0.15) is 0 Å². The molecule has 0 saturated carbocycles. The first-order valence-electron chi connectivity index (χ1n) is 6.72. The van der Waals surface area contributed by atoms with E-state index in [1.807, 2.05) is 24.3 Å². The maximum atomic E-state index is 12.3. The summed E-state index contributed by atoms with van der Waals surface area (Å²) in [7, 11) is 0. The topological polar surface area (TPSA) is 40.5 Å². The number of hydrogen-bond donors (Lipinski definition) is 1. The predicted molar refractivity (Wildman–Crippen MR) is 77.2 cm³/mol. The minimum atomic E-state index is -0.847. The number of rotatable bonds is 2. The molecule has 1 aliphatic heterocycles. The molecule has 0 aliphatic carbocycles. The summed E-state index contributed by atoms with van der Waals surface area (Å²) in [5, 5.41) is 10.3. The Balaban J connectivity index is 1.89. The molecule has 0 fully saturated rings. The fourth-order valence-electron chi connectivity index (χ4n) is 2.61. The fraction of sp³-hybridized carbons (Fsp3) is 0.235. The van der Waals surface area contributed by atoms with E-state index < -0.39 is 6.23 Å². The second kappa shape index (κ2) is 4.76. The molecule has 0 aromatic heterocycles. The lowest BCUT2D eigenvalue weighted by molar-refractivity contribution is 0.0137. The normalized spacial score (nSPS) is 17.4. The molecule has 3 rings (SSSR count). The summed E-state index contributed by atoms with van der Waals surface area (Å²) in [4.78, 5) is 13.8. The number of aliphatic hydroxyl groups is 1. The second-order valence-corrected chi connectivity index (χ2v) is 5.31. The van der Waals surface area contributed by atoms with Gasteiger partial charge in [0.2, 0.25) is 0 Å². The highest BCUT2D eigenvalue weighted by Gasteiger charge is 2.34. The zero-order chi connectivity index (χ0) is 14.3. The second-order valence-electron chi connectivity index (χ2n) is 5.31. The van der Waals surface area contributed by atoms with Crippen molar-refractivity contribution in [2.45, 2.75) is 26.6 Å². The van der Waals surface area contributed by atoms with Crippen LogP contribution in [0.1, 0.15) is 38.8 Å². The molecule has 1 N–H and O–H groups in total. The maximum absolute atomic E-state index is 12.3. The Labute approximate surface area is 118 Å². The average Bonchev–Trinajstić information content (AvgIpc) is 2.69. The molecule has 2 aromatic carbocycles. The predicted octanol–water partition coefficient (Wildman–Crippen LogP) is 2.95. The number of carbonyl (C=O) groups is 1. The molecule has 3 heteroatoms. The van der Waals surface area contributed by atoms with Gasteiger partial charge in [-0.25, -0.2) is 0 Å². The van der Waals surface area contributed by atoms with Gasteiger partial charge < -0.3 is 10.0 Å². The first-order valence-corrected chi connectivity index (χ1v) is 6.72. The summed E-state index contributed by atoms with van der Waals surface area (Å²) in [6, 6.07) is 13.4. The number of amides is 1. The van der Waals surface area contributed by atoms with Crippen LogP contribution in [0.3, 0.4) is 0 Å². The quantitative estimate of drug-likeness (QED) is 0.908. The molecule has 2 aromatic rings. The number of fused-ring (bicyclic) bond motifs is 1. The lowest BCUT2D eigenvalue weighted by Crippen LogP contribution is -2.27. The monoisotopic (exact) mass is 267 g/mol. The lowest BCUT2D eigenvalue weighted by atomic mass is 10.1. The van der Waals surface area contributed by atoms with E-state index in [9.17, 15) is 9.90 Å². The van der Waals surface area contributed by atoms with E-state index in [0.29, 0.717) is 17.7 Å². The van der Waals surface area contributed by atoms with Crippen molar-refractivity contribution in [2.24, 2.45) is 0 Å². The number of aryl methyl sites for hydroxylation is 2. The van der Waals surface area contributed by atoms with Crippen LogP contribution < -0.4 is 0 Å². The molecule has 0 spiro atoms. The SMILES string of the molecule is Cc1ccc(CN2C(=O)c3ccccc3C2O)cc1C. The van der Waals surface area contributed by atoms with Crippen molar-refractivity contribution in [2.75, 3.05) is 0 Å². The zero-order valence-electron chi connectivity index (χ0n) is 11.6. The minimum absolute atomic E-state index is 0.105. The lowest BCUT2D eigenvalue weighted by Gasteiger charge is -2.21. The molecule has 0 radical (unpaired) electrons. The van der Waals surface area contributed by atoms with Crippen molar-refractivity contribution in [3.05, 3.63) is 70.3 Å². The minimum Gasteiger partial charge on any atom is -0.369 e. The molecule has 0 bridgehead atoms. The average molecular weight is 267 g/mol. The fourth-order valence-corrected chi connectivity index (χ4v) is 2.61. The Kier molecular flexibility index (Phi) is 3.07. The summed E-state index contributed by atoms with van der Waals surface area (Å²) in [6.45, 7) is 4.54. The van der Waals surface area contributed by atoms with Crippen molar-refractivity contribution in [1.82, 2.24) is 4.90 Å². The van der Waals surface area contributed by atoms with Crippen molar-refractivity contribution < 1.29 is 9.90 Å². The van der Waals surface area contributed by atoms with Crippen molar-refractivity contribution >= 4 is 5.91 Å². The molecule has 102 valence electrons. The van der Waals surface area contributed by atoms with Gasteiger partial charge in [0.25, 0.3) is 5.91 Å². The smallest absolute Gasteiger partial charge is 0.256 e. The summed E-state index contributed by atoms with van der Waals surface area (Å²) < 4.78 is 0. The summed E-state index contributed by atoms with van der Waals surface area (Å²) in [6.07, 6.45) is -0.847. The van der Waals surface area contributed by atoms with Crippen LogP contribution in [-0.4, -0.2) is 15.9 Å². The highest BCUT2D eigenvalue weighted by atomic mass is 16.3. The van der Waals surface area contributed by atoms with Crippen LogP contribution in [0, 0.1) is 13.8 Å². The van der Waals surface area contributed by atoms with E-state index in [0.717, 1.165) is 5.56 Å². The molecule has 1 amide bonds. The van der Waals surface area contributed by atoms with Gasteiger partial charge in [0.05, 0.1) is 0 Å². The number of benzene rings is 2. The molecular weight excluding hydrogens is 250 g/mol. The number of carbonyl (C=O) groups excluding carboxylic acids is 1. The molecule has 1 atom stereocenters.